The van der Waals surface area contributed by atoms with E-state index in [2.05, 4.69) is 30.6 Å². The Bertz CT molecular complexity index is 1310. The van der Waals surface area contributed by atoms with Crippen LogP contribution in [0.5, 0.6) is 5.88 Å². The Balaban J connectivity index is 1.82. The molecule has 0 saturated carbocycles. The number of hydrogen-bond acceptors (Lipinski definition) is 8. The van der Waals surface area contributed by atoms with Crippen LogP contribution in [0.2, 0.25) is 0 Å². The number of tetrazole rings is 1. The van der Waals surface area contributed by atoms with E-state index in [0.29, 0.717) is 52.1 Å². The molecule has 5 rings (SSSR count). The van der Waals surface area contributed by atoms with E-state index in [1.807, 2.05) is 54.0 Å². The zero-order valence-corrected chi connectivity index (χ0v) is 17.5. The van der Waals surface area contributed by atoms with Gasteiger partial charge in [0.05, 0.1) is 23.9 Å². The first-order valence-electron chi connectivity index (χ1n) is 10.1. The third-order valence-corrected chi connectivity index (χ3v) is 5.35. The highest BCUT2D eigenvalue weighted by atomic mass is 16.5. The fraction of sp³-hybridized carbons (Fsp3) is 0.182. The largest absolute Gasteiger partial charge is 0.480 e. The summed E-state index contributed by atoms with van der Waals surface area (Å²) < 4.78 is 7.37. The normalized spacial score (nSPS) is 13.2. The number of pyridine rings is 2. The first-order valence-corrected chi connectivity index (χ1v) is 10.1. The minimum absolute atomic E-state index is 0.312. The number of imidazole rings is 1. The molecule has 0 amide bonds. The smallest absolute Gasteiger partial charge is 0.226 e. The number of fused-ring (bicyclic) bond motifs is 1. The van der Waals surface area contributed by atoms with Gasteiger partial charge in [-0.2, -0.15) is 10.2 Å². The Morgan fingerprint density at radius 2 is 1.91 bits per heavy atom. The lowest BCUT2D eigenvalue weighted by Crippen LogP contribution is -2.33. The van der Waals surface area contributed by atoms with E-state index in [4.69, 9.17) is 9.72 Å². The lowest BCUT2D eigenvalue weighted by atomic mass is 9.89. The number of rotatable bonds is 6. The summed E-state index contributed by atoms with van der Waals surface area (Å²) in [7, 11) is 1.52. The molecule has 0 bridgehead atoms. The average molecular weight is 428 g/mol. The van der Waals surface area contributed by atoms with Gasteiger partial charge in [-0.15, -0.1) is 10.2 Å². The maximum absolute atomic E-state index is 12.2. The molecule has 32 heavy (non-hydrogen) atoms. The second-order valence-corrected chi connectivity index (χ2v) is 7.09. The Kier molecular flexibility index (Phi) is 4.83. The number of H-pyrrole nitrogens is 1. The van der Waals surface area contributed by atoms with Gasteiger partial charge in [-0.1, -0.05) is 36.4 Å². The Morgan fingerprint density at radius 1 is 1.09 bits per heavy atom. The fourth-order valence-corrected chi connectivity index (χ4v) is 3.87. The van der Waals surface area contributed by atoms with Gasteiger partial charge >= 0.3 is 0 Å². The number of aryl methyl sites for hydroxylation is 1. The highest BCUT2D eigenvalue weighted by molar-refractivity contribution is 5.80. The molecule has 1 aromatic carbocycles. The Labute approximate surface area is 183 Å². The van der Waals surface area contributed by atoms with Gasteiger partial charge < -0.3 is 14.4 Å². The molecule has 4 aromatic heterocycles. The van der Waals surface area contributed by atoms with Crippen LogP contribution in [0, 0.1) is 0 Å². The predicted molar refractivity (Wildman–Crippen MR) is 116 cm³/mol. The van der Waals surface area contributed by atoms with Crippen molar-refractivity contribution in [3.8, 4) is 17.3 Å². The van der Waals surface area contributed by atoms with Crippen LogP contribution >= 0.6 is 0 Å². The molecule has 2 N–H and O–H groups in total. The number of nitrogens with one attached hydrogen (secondary N) is 1. The van der Waals surface area contributed by atoms with Crippen molar-refractivity contribution < 1.29 is 9.84 Å². The quantitative estimate of drug-likeness (QED) is 0.422. The third-order valence-electron chi connectivity index (χ3n) is 5.35. The van der Waals surface area contributed by atoms with Crippen molar-refractivity contribution in [3.63, 3.8) is 0 Å². The van der Waals surface area contributed by atoms with Gasteiger partial charge in [0.1, 0.15) is 0 Å². The topological polar surface area (TPSA) is 128 Å². The zero-order valence-electron chi connectivity index (χ0n) is 17.5. The van der Waals surface area contributed by atoms with Crippen molar-refractivity contribution >= 4 is 11.2 Å². The first-order chi connectivity index (χ1) is 15.7. The molecule has 5 aromatic rings. The molecule has 0 aliphatic carbocycles. The number of aromatic nitrogens is 8. The van der Waals surface area contributed by atoms with Gasteiger partial charge in [-0.05, 0) is 35.9 Å². The summed E-state index contributed by atoms with van der Waals surface area (Å²) in [5.74, 6) is 1.07. The molecular formula is C22H20N8O2. The molecule has 1 atom stereocenters. The monoisotopic (exact) mass is 428 g/mol. The summed E-state index contributed by atoms with van der Waals surface area (Å²) in [6, 6.07) is 16.6. The number of methoxy groups -OCH3 is 1. The number of hydrogen-bond donors (Lipinski definition) is 2. The van der Waals surface area contributed by atoms with Gasteiger partial charge in [0.25, 0.3) is 0 Å². The molecule has 0 aliphatic rings. The van der Waals surface area contributed by atoms with Crippen LogP contribution < -0.4 is 4.74 Å². The van der Waals surface area contributed by atoms with Crippen LogP contribution in [0.3, 0.4) is 0 Å². The number of aromatic amines is 1. The van der Waals surface area contributed by atoms with Crippen molar-refractivity contribution in [1.82, 2.24) is 40.1 Å². The van der Waals surface area contributed by atoms with E-state index in [1.54, 1.807) is 18.3 Å². The van der Waals surface area contributed by atoms with Gasteiger partial charge in [0.15, 0.2) is 17.1 Å². The summed E-state index contributed by atoms with van der Waals surface area (Å²) in [6.45, 7) is 2.51. The minimum atomic E-state index is -1.60. The first kappa shape index (κ1) is 19.8. The highest BCUT2D eigenvalue weighted by Crippen LogP contribution is 2.38. The van der Waals surface area contributed by atoms with Crippen molar-refractivity contribution in [1.29, 1.82) is 0 Å². The van der Waals surface area contributed by atoms with Crippen LogP contribution in [-0.2, 0) is 12.1 Å². The Hall–Kier alpha value is -4.18. The lowest BCUT2D eigenvalue weighted by Gasteiger charge is -2.28. The van der Waals surface area contributed by atoms with E-state index in [1.165, 1.54) is 7.11 Å². The molecule has 0 radical (unpaired) electrons. The summed E-state index contributed by atoms with van der Waals surface area (Å²) >= 11 is 0. The van der Waals surface area contributed by atoms with Crippen molar-refractivity contribution in [3.05, 3.63) is 77.9 Å². The van der Waals surface area contributed by atoms with E-state index in [-0.39, 0.29) is 0 Å². The number of benzene rings is 1. The van der Waals surface area contributed by atoms with Gasteiger partial charge in [-0.25, -0.2) is 4.98 Å². The van der Waals surface area contributed by atoms with E-state index in [0.717, 1.165) is 0 Å². The standard InChI is InChI=1S/C22H20N8O2/c1-3-30-16-13-15(18-26-28-29-27-18)20(32-2)24-19(16)25-21(30)22(31,14-9-5-4-6-10-14)17-11-7-8-12-23-17/h4-13,31H,3H2,1-2H3,(H,26,27,28,29). The number of nitrogens with zero attached hydrogens (tertiary/aromatic N) is 7. The molecular weight excluding hydrogens is 408 g/mol. The van der Waals surface area contributed by atoms with Crippen molar-refractivity contribution in [2.24, 2.45) is 0 Å². The highest BCUT2D eigenvalue weighted by Gasteiger charge is 2.40. The minimum Gasteiger partial charge on any atom is -0.480 e. The summed E-state index contributed by atoms with van der Waals surface area (Å²) in [5.41, 5.74) is 1.20. The fourth-order valence-electron chi connectivity index (χ4n) is 3.87. The summed E-state index contributed by atoms with van der Waals surface area (Å²) in [6.07, 6.45) is 1.65. The maximum Gasteiger partial charge on any atom is 0.226 e. The van der Waals surface area contributed by atoms with Gasteiger partial charge in [-0.3, -0.25) is 4.98 Å². The van der Waals surface area contributed by atoms with Crippen LogP contribution in [0.15, 0.2) is 60.8 Å². The van der Waals surface area contributed by atoms with Crippen LogP contribution in [0.1, 0.15) is 24.0 Å². The second kappa shape index (κ2) is 7.82. The molecule has 10 nitrogen and oxygen atoms in total. The van der Waals surface area contributed by atoms with Gasteiger partial charge in [0, 0.05) is 12.7 Å². The van der Waals surface area contributed by atoms with Crippen LogP contribution in [0.25, 0.3) is 22.6 Å². The maximum atomic E-state index is 12.2. The van der Waals surface area contributed by atoms with Crippen LogP contribution in [-0.4, -0.2) is 52.4 Å². The molecule has 4 heterocycles. The summed E-state index contributed by atoms with van der Waals surface area (Å²) in [4.78, 5) is 13.8. The molecule has 0 fully saturated rings. The Morgan fingerprint density at radius 3 is 2.56 bits per heavy atom. The van der Waals surface area contributed by atoms with E-state index in [9.17, 15) is 5.11 Å². The molecule has 10 heteroatoms. The molecule has 160 valence electrons. The number of aliphatic hydroxyl groups is 1. The van der Waals surface area contributed by atoms with Gasteiger partial charge in [0.2, 0.25) is 11.7 Å². The van der Waals surface area contributed by atoms with Crippen molar-refractivity contribution in [2.45, 2.75) is 19.1 Å². The third kappa shape index (κ3) is 3.00. The van der Waals surface area contributed by atoms with Crippen LogP contribution in [0.4, 0.5) is 0 Å². The second-order valence-electron chi connectivity index (χ2n) is 7.09. The number of ether oxygens (including phenoxy) is 1. The molecule has 1 unspecified atom stereocenters. The predicted octanol–water partition coefficient (Wildman–Crippen LogP) is 2.32. The van der Waals surface area contributed by atoms with Crippen molar-refractivity contribution in [2.75, 3.05) is 7.11 Å². The summed E-state index contributed by atoms with van der Waals surface area (Å²) in [5, 5.41) is 26.4. The van der Waals surface area contributed by atoms with E-state index < -0.39 is 5.60 Å². The molecule has 0 aliphatic heterocycles. The SMILES string of the molecule is CCn1c(C(O)(c2ccccc2)c2ccccn2)nc2nc(OC)c(-c3nn[nH]n3)cc21. The zero-order chi connectivity index (χ0) is 22.1. The molecule has 0 spiro atoms. The average Bonchev–Trinajstić information content (AvgIpc) is 3.51. The lowest BCUT2D eigenvalue weighted by molar-refractivity contribution is 0.107. The van der Waals surface area contributed by atoms with E-state index >= 15 is 0 Å². The molecule has 0 saturated heterocycles.